The second-order valence-corrected chi connectivity index (χ2v) is 2.47. The Kier molecular flexibility index (Phi) is 45.2. The molecular formula is H4B5F23K-5. The summed E-state index contributed by atoms with van der Waals surface area (Å²) in [6, 6.07) is 0. The molecule has 29 heteroatoms. The molecule has 0 nitrogen and oxygen atoms in total. The van der Waals surface area contributed by atoms with E-state index in [1.807, 2.05) is 0 Å². The van der Waals surface area contributed by atoms with E-state index in [-0.39, 0.29) is 66.9 Å². The van der Waals surface area contributed by atoms with E-state index >= 15 is 0 Å². The predicted molar refractivity (Wildman–Crippen MR) is 59.6 cm³/mol. The summed E-state index contributed by atoms with van der Waals surface area (Å²) in [5.74, 6) is 0. The van der Waals surface area contributed by atoms with Crippen LogP contribution in [0.4, 0.5) is 100 Å². The van der Waals surface area contributed by atoms with Crippen LogP contribution in [0.3, 0.4) is 0 Å². The van der Waals surface area contributed by atoms with Crippen LogP contribution in [0.2, 0.25) is 0 Å². The van der Waals surface area contributed by atoms with Crippen molar-refractivity contribution in [3.8, 4) is 0 Å². The van der Waals surface area contributed by atoms with Crippen molar-refractivity contribution in [2.45, 2.75) is 0 Å². The first kappa shape index (κ1) is 57.0. The number of hydrogen-bond acceptors (Lipinski definition) is 0. The molecule has 0 fully saturated rings. The van der Waals surface area contributed by atoms with Gasteiger partial charge in [-0.3, -0.25) is 14.1 Å². The Morgan fingerprint density at radius 3 is 0.241 bits per heavy atom. The van der Waals surface area contributed by atoms with Crippen LogP contribution in [0, 0.1) is 0 Å². The van der Waals surface area contributed by atoms with Crippen LogP contribution < -0.4 is 51.4 Å². The molecule has 0 saturated heterocycles. The molecule has 0 aliphatic heterocycles. The van der Waals surface area contributed by atoms with Gasteiger partial charge in [0.2, 0.25) is 0 Å². The molecule has 0 aliphatic carbocycles. The Bertz CT molecular complexity index is 179. The second kappa shape index (κ2) is 23.0. The van der Waals surface area contributed by atoms with Crippen molar-refractivity contribution in [3.05, 3.63) is 0 Å². The molecule has 0 bridgehead atoms. The summed E-state index contributed by atoms with van der Waals surface area (Å²) in [5, 5.41) is 0. The molecule has 186 valence electrons. The van der Waals surface area contributed by atoms with Gasteiger partial charge in [0, 0.05) is 0 Å². The van der Waals surface area contributed by atoms with Crippen LogP contribution in [0.25, 0.3) is 0 Å². The van der Waals surface area contributed by atoms with E-state index in [1.54, 1.807) is 0 Å². The fourth-order valence-electron chi connectivity index (χ4n) is 0. The second-order valence-electron chi connectivity index (χ2n) is 2.47. The van der Waals surface area contributed by atoms with E-state index in [0.29, 0.717) is 0 Å². The van der Waals surface area contributed by atoms with Crippen LogP contribution in [-0.4, -0.2) is 36.3 Å². The van der Waals surface area contributed by atoms with Crippen molar-refractivity contribution < 1.29 is 153 Å². The Morgan fingerprint density at radius 1 is 0.241 bits per heavy atom. The minimum atomic E-state index is -6.00. The average molecular weight is 534 g/mol. The number of hydrogen-bond donors (Lipinski definition) is 0. The van der Waals surface area contributed by atoms with Gasteiger partial charge < -0.3 is 87.7 Å². The van der Waals surface area contributed by atoms with E-state index in [9.17, 15) is 86.3 Å². The zero-order valence-electron chi connectivity index (χ0n) is 13.7. The first-order valence-corrected chi connectivity index (χ1v) is 4.36. The molecule has 0 aromatic carbocycles. The van der Waals surface area contributed by atoms with Gasteiger partial charge in [0.1, 0.15) is 0 Å². The van der Waals surface area contributed by atoms with Gasteiger partial charge in [-0.2, -0.15) is 0 Å². The summed E-state index contributed by atoms with van der Waals surface area (Å²) >= 11 is 0. The zero-order chi connectivity index (χ0) is 22.5. The molecule has 0 amide bonds. The SMILES string of the molecule is F.F.F.F[B-](F)(F)F.F[B-](F)(F)F.F[B-](F)(F)F.F[B-](F)(F)F.F[B-](F)(F)F.[H-].[K+]. The van der Waals surface area contributed by atoms with Crippen molar-refractivity contribution in [3.63, 3.8) is 0 Å². The predicted octanol–water partition coefficient (Wildman–Crippen LogP) is 4.07. The third-order valence-electron chi connectivity index (χ3n) is 0. The van der Waals surface area contributed by atoms with Crippen LogP contribution in [0.15, 0.2) is 0 Å². The normalized spacial score (nSPS) is 10.3. The zero-order valence-corrected chi connectivity index (χ0v) is 15.8. The van der Waals surface area contributed by atoms with E-state index in [4.69, 9.17) is 0 Å². The summed E-state index contributed by atoms with van der Waals surface area (Å²) in [6.45, 7) is 0. The Balaban J connectivity index is -0.0000000200. The molecule has 29 heavy (non-hydrogen) atoms. The van der Waals surface area contributed by atoms with Gasteiger partial charge in [0.05, 0.1) is 0 Å². The van der Waals surface area contributed by atoms with Crippen molar-refractivity contribution in [1.29, 1.82) is 0 Å². The maximum atomic E-state index is 9.75. The van der Waals surface area contributed by atoms with E-state index in [2.05, 4.69) is 0 Å². The average Bonchev–Trinajstić information content (AvgIpc) is 1.79. The summed E-state index contributed by atoms with van der Waals surface area (Å²) in [4.78, 5) is 0. The Labute approximate surface area is 189 Å². The van der Waals surface area contributed by atoms with Crippen LogP contribution in [0.5, 0.6) is 0 Å². The summed E-state index contributed by atoms with van der Waals surface area (Å²) in [7, 11) is -30.0. The Morgan fingerprint density at radius 2 is 0.241 bits per heavy atom. The van der Waals surface area contributed by atoms with Crippen molar-refractivity contribution in [2.24, 2.45) is 0 Å². The molecule has 0 spiro atoms. The first-order valence-electron chi connectivity index (χ1n) is 4.36. The molecule has 0 saturated carbocycles. The van der Waals surface area contributed by atoms with Crippen molar-refractivity contribution in [1.82, 2.24) is 0 Å². The van der Waals surface area contributed by atoms with Crippen molar-refractivity contribution >= 4 is 36.3 Å². The maximum Gasteiger partial charge on any atom is 1.00 e. The minimum absolute atomic E-state index is 0. The van der Waals surface area contributed by atoms with Crippen LogP contribution >= 0.6 is 0 Å². The molecule has 0 N–H and O–H groups in total. The van der Waals surface area contributed by atoms with Crippen LogP contribution in [0.1, 0.15) is 1.43 Å². The molecule has 0 radical (unpaired) electrons. The topological polar surface area (TPSA) is 0 Å². The summed E-state index contributed by atoms with van der Waals surface area (Å²) in [6.07, 6.45) is 0. The van der Waals surface area contributed by atoms with Crippen molar-refractivity contribution in [2.75, 3.05) is 0 Å². The first-order chi connectivity index (χ1) is 10.0. The van der Waals surface area contributed by atoms with Gasteiger partial charge in [0.25, 0.3) is 0 Å². The molecule has 0 heterocycles. The van der Waals surface area contributed by atoms with Gasteiger partial charge in [-0.15, -0.1) is 0 Å². The molecular weight excluding hydrogens is 530 g/mol. The van der Waals surface area contributed by atoms with Gasteiger partial charge in [0.15, 0.2) is 0 Å². The fraction of sp³-hybridized carbons (Fsp3) is 0. The summed E-state index contributed by atoms with van der Waals surface area (Å²) < 4.78 is 195. The summed E-state index contributed by atoms with van der Waals surface area (Å²) in [5.41, 5.74) is 0. The number of halogens is 23. The molecule has 0 atom stereocenters. The van der Waals surface area contributed by atoms with Gasteiger partial charge in [-0.25, -0.2) is 0 Å². The van der Waals surface area contributed by atoms with Gasteiger partial charge >= 0.3 is 87.7 Å². The number of rotatable bonds is 0. The van der Waals surface area contributed by atoms with E-state index in [1.165, 1.54) is 0 Å². The molecule has 0 aromatic heterocycles. The van der Waals surface area contributed by atoms with E-state index < -0.39 is 36.3 Å². The van der Waals surface area contributed by atoms with Gasteiger partial charge in [-0.1, -0.05) is 0 Å². The largest absolute Gasteiger partial charge is 1.00 e. The molecule has 0 aromatic rings. The quantitative estimate of drug-likeness (QED) is 0.325. The third-order valence-corrected chi connectivity index (χ3v) is 0. The minimum Gasteiger partial charge on any atom is -1.00 e. The van der Waals surface area contributed by atoms with Gasteiger partial charge in [-0.05, 0) is 0 Å². The molecule has 0 rings (SSSR count). The third kappa shape index (κ3) is 160000. The molecule has 0 unspecified atom stereocenters. The standard InChI is InChI=1S/5BF4.3FH.K.H/c5*2-1(3,4)5;;;;;/h;;;;;3*1H;;/q5*-1;;;;+1;-1. The Hall–Kier alpha value is 0.351. The molecule has 0 aliphatic rings. The fourth-order valence-corrected chi connectivity index (χ4v) is 0. The smallest absolute Gasteiger partial charge is 1.00 e. The monoisotopic (exact) mass is 535 g/mol. The maximum absolute atomic E-state index is 9.75. The van der Waals surface area contributed by atoms with Crippen LogP contribution in [-0.2, 0) is 0 Å². The van der Waals surface area contributed by atoms with E-state index in [0.717, 1.165) is 0 Å².